The molecule has 0 saturated carbocycles. The number of hydrogen-bond donors (Lipinski definition) is 0. The van der Waals surface area contributed by atoms with Crippen molar-refractivity contribution in [3.8, 4) is 0 Å². The second-order valence-electron chi connectivity index (χ2n) is 2.98. The zero-order chi connectivity index (χ0) is 8.27. The molecule has 0 aromatic heterocycles. The monoisotopic (exact) mass is 153 g/mol. The molecule has 3 nitrogen and oxygen atoms in total. The largest absolute Gasteiger partial charge is 0.275 e. The third kappa shape index (κ3) is 2.03. The van der Waals surface area contributed by atoms with Crippen LogP contribution in [0.4, 0.5) is 0 Å². The lowest BCUT2D eigenvalue weighted by molar-refractivity contribution is 0.300. The van der Waals surface area contributed by atoms with Crippen molar-refractivity contribution >= 4 is 0 Å². The fraction of sp³-hybridized carbons (Fsp3) is 0.750. The molecule has 0 spiro atoms. The minimum Gasteiger partial charge on any atom is -0.275 e. The van der Waals surface area contributed by atoms with Crippen molar-refractivity contribution in [3.63, 3.8) is 0 Å². The maximum atomic E-state index is 4.09. The second kappa shape index (κ2) is 3.51. The number of likely N-dealkylation sites (N-methyl/N-ethyl adjacent to an activating group) is 1. The zero-order valence-corrected chi connectivity index (χ0v) is 7.41. The van der Waals surface area contributed by atoms with E-state index in [1.54, 1.807) is 0 Å². The van der Waals surface area contributed by atoms with Gasteiger partial charge in [-0.25, -0.2) is 0 Å². The Kier molecular flexibility index (Phi) is 2.63. The van der Waals surface area contributed by atoms with Crippen LogP contribution in [-0.4, -0.2) is 18.1 Å². The van der Waals surface area contributed by atoms with Crippen LogP contribution in [0.15, 0.2) is 22.1 Å². The standard InChI is InChI=1S/C8H15N3/c1-4-11-6-5-8(7(2)3)9-10-11/h5,7H,4,6H2,1-3H3. The number of allylic oxidation sites excluding steroid dienone is 1. The summed E-state index contributed by atoms with van der Waals surface area (Å²) in [5.74, 6) is 0.498. The molecule has 0 saturated heterocycles. The SMILES string of the molecule is CCN1CC=C(C(C)C)N=N1. The van der Waals surface area contributed by atoms with Crippen molar-refractivity contribution < 1.29 is 0 Å². The van der Waals surface area contributed by atoms with Crippen molar-refractivity contribution in [2.24, 2.45) is 16.3 Å². The van der Waals surface area contributed by atoms with Gasteiger partial charge in [0.05, 0.1) is 12.2 Å². The highest BCUT2D eigenvalue weighted by Gasteiger charge is 2.07. The van der Waals surface area contributed by atoms with E-state index >= 15 is 0 Å². The van der Waals surface area contributed by atoms with Gasteiger partial charge in [-0.2, -0.15) is 0 Å². The Bertz CT molecular complexity index is 182. The zero-order valence-electron chi connectivity index (χ0n) is 7.41. The molecule has 0 bridgehead atoms. The van der Waals surface area contributed by atoms with E-state index < -0.39 is 0 Å². The molecule has 3 heteroatoms. The van der Waals surface area contributed by atoms with E-state index in [0.717, 1.165) is 18.8 Å². The average molecular weight is 153 g/mol. The summed E-state index contributed by atoms with van der Waals surface area (Å²) in [6.45, 7) is 8.19. The smallest absolute Gasteiger partial charge is 0.0651 e. The maximum Gasteiger partial charge on any atom is 0.0651 e. The van der Waals surface area contributed by atoms with Crippen LogP contribution in [0, 0.1) is 5.92 Å². The van der Waals surface area contributed by atoms with Crippen LogP contribution in [0.2, 0.25) is 0 Å². The summed E-state index contributed by atoms with van der Waals surface area (Å²) in [6, 6.07) is 0. The first kappa shape index (κ1) is 8.24. The maximum absolute atomic E-state index is 4.09. The number of hydrogen-bond acceptors (Lipinski definition) is 3. The summed E-state index contributed by atoms with van der Waals surface area (Å²) >= 11 is 0. The van der Waals surface area contributed by atoms with Crippen LogP contribution in [0.25, 0.3) is 0 Å². The van der Waals surface area contributed by atoms with E-state index in [-0.39, 0.29) is 0 Å². The summed E-state index contributed by atoms with van der Waals surface area (Å²) < 4.78 is 0. The lowest BCUT2D eigenvalue weighted by Gasteiger charge is -2.18. The molecule has 0 fully saturated rings. The summed E-state index contributed by atoms with van der Waals surface area (Å²) in [4.78, 5) is 0. The summed E-state index contributed by atoms with van der Waals surface area (Å²) in [6.07, 6.45) is 2.14. The van der Waals surface area contributed by atoms with E-state index in [9.17, 15) is 0 Å². The van der Waals surface area contributed by atoms with Gasteiger partial charge in [0.1, 0.15) is 0 Å². The molecule has 1 heterocycles. The Morgan fingerprint density at radius 1 is 1.64 bits per heavy atom. The Morgan fingerprint density at radius 3 is 2.73 bits per heavy atom. The molecule has 62 valence electrons. The Balaban J connectivity index is 2.53. The highest BCUT2D eigenvalue weighted by atomic mass is 15.5. The molecule has 1 aliphatic heterocycles. The summed E-state index contributed by atoms with van der Waals surface area (Å²) in [7, 11) is 0. The van der Waals surface area contributed by atoms with Gasteiger partial charge in [0.25, 0.3) is 0 Å². The molecule has 0 atom stereocenters. The van der Waals surface area contributed by atoms with Crippen molar-refractivity contribution in [1.29, 1.82) is 0 Å². The minimum absolute atomic E-state index is 0.498. The minimum atomic E-state index is 0.498. The summed E-state index contributed by atoms with van der Waals surface area (Å²) in [5, 5.41) is 10.1. The van der Waals surface area contributed by atoms with Gasteiger partial charge in [-0.15, -0.1) is 5.11 Å². The van der Waals surface area contributed by atoms with Crippen molar-refractivity contribution in [3.05, 3.63) is 11.8 Å². The summed E-state index contributed by atoms with van der Waals surface area (Å²) in [5.41, 5.74) is 1.11. The second-order valence-corrected chi connectivity index (χ2v) is 2.98. The normalized spacial score (nSPS) is 17.5. The van der Waals surface area contributed by atoms with Crippen LogP contribution in [-0.2, 0) is 0 Å². The van der Waals surface area contributed by atoms with E-state index in [2.05, 4.69) is 37.2 Å². The Labute approximate surface area is 67.8 Å². The molecule has 0 radical (unpaired) electrons. The first-order valence-corrected chi connectivity index (χ1v) is 4.10. The van der Waals surface area contributed by atoms with E-state index in [0.29, 0.717) is 5.92 Å². The molecular formula is C8H15N3. The molecular weight excluding hydrogens is 138 g/mol. The van der Waals surface area contributed by atoms with Gasteiger partial charge in [0.2, 0.25) is 0 Å². The van der Waals surface area contributed by atoms with Gasteiger partial charge in [-0.1, -0.05) is 19.1 Å². The molecule has 0 aliphatic carbocycles. The molecule has 0 amide bonds. The predicted molar refractivity (Wildman–Crippen MR) is 45.0 cm³/mol. The molecule has 0 aromatic rings. The van der Waals surface area contributed by atoms with Gasteiger partial charge >= 0.3 is 0 Å². The van der Waals surface area contributed by atoms with Crippen LogP contribution in [0.3, 0.4) is 0 Å². The van der Waals surface area contributed by atoms with Crippen LogP contribution in [0.1, 0.15) is 20.8 Å². The predicted octanol–water partition coefficient (Wildman–Crippen LogP) is 2.23. The van der Waals surface area contributed by atoms with Crippen LogP contribution >= 0.6 is 0 Å². The van der Waals surface area contributed by atoms with Crippen LogP contribution in [0.5, 0.6) is 0 Å². The first-order chi connectivity index (χ1) is 5.24. The molecule has 0 N–H and O–H groups in total. The number of rotatable bonds is 2. The van der Waals surface area contributed by atoms with E-state index in [1.807, 2.05) is 5.01 Å². The molecule has 11 heavy (non-hydrogen) atoms. The van der Waals surface area contributed by atoms with Gasteiger partial charge < -0.3 is 0 Å². The van der Waals surface area contributed by atoms with Gasteiger partial charge in [0, 0.05) is 6.54 Å². The Hall–Kier alpha value is -0.860. The first-order valence-electron chi connectivity index (χ1n) is 4.10. The van der Waals surface area contributed by atoms with Crippen LogP contribution < -0.4 is 0 Å². The lowest BCUT2D eigenvalue weighted by Crippen LogP contribution is -2.19. The number of nitrogens with zero attached hydrogens (tertiary/aromatic N) is 3. The molecule has 0 unspecified atom stereocenters. The van der Waals surface area contributed by atoms with Crippen molar-refractivity contribution in [2.45, 2.75) is 20.8 Å². The highest BCUT2D eigenvalue weighted by molar-refractivity contribution is 5.04. The molecule has 1 aliphatic rings. The lowest BCUT2D eigenvalue weighted by atomic mass is 10.1. The third-order valence-corrected chi connectivity index (χ3v) is 1.75. The molecule has 0 aromatic carbocycles. The quantitative estimate of drug-likeness (QED) is 0.597. The fourth-order valence-electron chi connectivity index (χ4n) is 0.935. The van der Waals surface area contributed by atoms with Gasteiger partial charge in [0.15, 0.2) is 0 Å². The average Bonchev–Trinajstić information content (AvgIpc) is 2.05. The van der Waals surface area contributed by atoms with E-state index in [1.165, 1.54) is 0 Å². The van der Waals surface area contributed by atoms with Gasteiger partial charge in [-0.3, -0.25) is 5.01 Å². The van der Waals surface area contributed by atoms with E-state index in [4.69, 9.17) is 0 Å². The van der Waals surface area contributed by atoms with Gasteiger partial charge in [-0.05, 0) is 18.9 Å². The Morgan fingerprint density at radius 2 is 2.36 bits per heavy atom. The topological polar surface area (TPSA) is 28.0 Å². The third-order valence-electron chi connectivity index (χ3n) is 1.75. The fourth-order valence-corrected chi connectivity index (χ4v) is 0.935. The molecule has 1 rings (SSSR count). The van der Waals surface area contributed by atoms with Crippen molar-refractivity contribution in [2.75, 3.05) is 13.1 Å². The van der Waals surface area contributed by atoms with Crippen molar-refractivity contribution in [1.82, 2.24) is 5.01 Å². The highest BCUT2D eigenvalue weighted by Crippen LogP contribution is 2.15.